The van der Waals surface area contributed by atoms with Crippen molar-refractivity contribution in [2.75, 3.05) is 18.1 Å². The van der Waals surface area contributed by atoms with Crippen molar-refractivity contribution in [3.8, 4) is 0 Å². The summed E-state index contributed by atoms with van der Waals surface area (Å²) in [6.45, 7) is 0. The SMILES string of the molecule is CNc1cc(N)ccn1.Cl. The fourth-order valence-corrected chi connectivity index (χ4v) is 0.584. The van der Waals surface area contributed by atoms with Gasteiger partial charge in [0.15, 0.2) is 0 Å². The van der Waals surface area contributed by atoms with E-state index < -0.39 is 0 Å². The topological polar surface area (TPSA) is 50.9 Å². The predicted molar refractivity (Wildman–Crippen MR) is 45.4 cm³/mol. The van der Waals surface area contributed by atoms with E-state index in [9.17, 15) is 0 Å². The van der Waals surface area contributed by atoms with Crippen molar-refractivity contribution in [1.29, 1.82) is 0 Å². The Balaban J connectivity index is 0.000000810. The third-order valence-corrected chi connectivity index (χ3v) is 1.04. The molecule has 0 aliphatic rings. The lowest BCUT2D eigenvalue weighted by Gasteiger charge is -1.97. The number of rotatable bonds is 1. The molecular weight excluding hydrogens is 150 g/mol. The number of pyridine rings is 1. The molecule has 0 spiro atoms. The van der Waals surface area contributed by atoms with Gasteiger partial charge in [-0.15, -0.1) is 12.4 Å². The first-order valence-electron chi connectivity index (χ1n) is 2.72. The smallest absolute Gasteiger partial charge is 0.127 e. The Morgan fingerprint density at radius 3 is 2.70 bits per heavy atom. The zero-order chi connectivity index (χ0) is 6.69. The molecule has 0 atom stereocenters. The van der Waals surface area contributed by atoms with E-state index in [2.05, 4.69) is 10.3 Å². The second kappa shape index (κ2) is 3.95. The van der Waals surface area contributed by atoms with Crippen molar-refractivity contribution < 1.29 is 0 Å². The van der Waals surface area contributed by atoms with Crippen LogP contribution in [0.1, 0.15) is 0 Å². The molecule has 1 heterocycles. The van der Waals surface area contributed by atoms with E-state index in [1.165, 1.54) is 0 Å². The van der Waals surface area contributed by atoms with Crippen LogP contribution >= 0.6 is 12.4 Å². The number of anilines is 2. The van der Waals surface area contributed by atoms with Gasteiger partial charge in [0.25, 0.3) is 0 Å². The van der Waals surface area contributed by atoms with E-state index >= 15 is 0 Å². The summed E-state index contributed by atoms with van der Waals surface area (Å²) in [5.74, 6) is 0.801. The van der Waals surface area contributed by atoms with Gasteiger partial charge >= 0.3 is 0 Å². The van der Waals surface area contributed by atoms with Gasteiger partial charge in [-0.05, 0) is 6.07 Å². The van der Waals surface area contributed by atoms with Crippen LogP contribution in [0.15, 0.2) is 18.3 Å². The lowest BCUT2D eigenvalue weighted by Crippen LogP contribution is -1.92. The molecule has 3 nitrogen and oxygen atoms in total. The Hall–Kier alpha value is -0.960. The van der Waals surface area contributed by atoms with Gasteiger partial charge in [-0.2, -0.15) is 0 Å². The molecule has 10 heavy (non-hydrogen) atoms. The summed E-state index contributed by atoms with van der Waals surface area (Å²) >= 11 is 0. The molecule has 0 saturated heterocycles. The summed E-state index contributed by atoms with van der Waals surface area (Å²) in [5, 5.41) is 2.88. The van der Waals surface area contributed by atoms with Crippen LogP contribution in [0.2, 0.25) is 0 Å². The number of nitrogens with one attached hydrogen (secondary N) is 1. The van der Waals surface area contributed by atoms with Crippen molar-refractivity contribution in [2.24, 2.45) is 0 Å². The van der Waals surface area contributed by atoms with Crippen molar-refractivity contribution in [1.82, 2.24) is 4.98 Å². The summed E-state index contributed by atoms with van der Waals surface area (Å²) in [6, 6.07) is 3.53. The number of nitrogens with zero attached hydrogens (tertiary/aromatic N) is 1. The Morgan fingerprint density at radius 2 is 2.30 bits per heavy atom. The molecule has 0 aliphatic heterocycles. The number of hydrogen-bond acceptors (Lipinski definition) is 3. The van der Waals surface area contributed by atoms with E-state index in [0.29, 0.717) is 0 Å². The molecule has 0 saturated carbocycles. The van der Waals surface area contributed by atoms with Gasteiger partial charge in [-0.1, -0.05) is 0 Å². The second-order valence-electron chi connectivity index (χ2n) is 1.72. The predicted octanol–water partition coefficient (Wildman–Crippen LogP) is 1.13. The monoisotopic (exact) mass is 159 g/mol. The normalized spacial score (nSPS) is 8.10. The number of aromatic nitrogens is 1. The van der Waals surface area contributed by atoms with Crippen LogP contribution in [0.5, 0.6) is 0 Å². The molecule has 0 amide bonds. The van der Waals surface area contributed by atoms with E-state index in [1.54, 1.807) is 18.3 Å². The first kappa shape index (κ1) is 9.04. The first-order valence-corrected chi connectivity index (χ1v) is 2.72. The maximum absolute atomic E-state index is 5.45. The molecule has 3 N–H and O–H groups in total. The van der Waals surface area contributed by atoms with Crippen LogP contribution in [-0.4, -0.2) is 12.0 Å². The molecule has 1 aromatic rings. The molecular formula is C6H10ClN3. The summed E-state index contributed by atoms with van der Waals surface area (Å²) in [4.78, 5) is 3.97. The Kier molecular flexibility index (Phi) is 3.57. The highest BCUT2D eigenvalue weighted by Crippen LogP contribution is 2.05. The number of nitrogens with two attached hydrogens (primary N) is 1. The van der Waals surface area contributed by atoms with Crippen LogP contribution < -0.4 is 11.1 Å². The van der Waals surface area contributed by atoms with E-state index in [0.717, 1.165) is 11.5 Å². The largest absolute Gasteiger partial charge is 0.399 e. The summed E-state index contributed by atoms with van der Waals surface area (Å²) in [6.07, 6.45) is 1.67. The zero-order valence-electron chi connectivity index (χ0n) is 5.66. The van der Waals surface area contributed by atoms with E-state index in [-0.39, 0.29) is 12.4 Å². The lowest BCUT2D eigenvalue weighted by atomic mass is 10.4. The zero-order valence-corrected chi connectivity index (χ0v) is 6.48. The fourth-order valence-electron chi connectivity index (χ4n) is 0.584. The first-order chi connectivity index (χ1) is 4.33. The Labute approximate surface area is 66.1 Å². The standard InChI is InChI=1S/C6H9N3.ClH/c1-8-6-4-5(7)2-3-9-6;/h2-4H,1H3,(H3,7,8,9);1H. The summed E-state index contributed by atoms with van der Waals surface area (Å²) in [7, 11) is 1.81. The molecule has 0 fully saturated rings. The highest BCUT2D eigenvalue weighted by molar-refractivity contribution is 5.85. The fraction of sp³-hybridized carbons (Fsp3) is 0.167. The molecule has 1 aromatic heterocycles. The van der Waals surface area contributed by atoms with Gasteiger partial charge in [-0.3, -0.25) is 0 Å². The van der Waals surface area contributed by atoms with Crippen molar-refractivity contribution in [2.45, 2.75) is 0 Å². The maximum Gasteiger partial charge on any atom is 0.127 e. The minimum absolute atomic E-state index is 0. The van der Waals surface area contributed by atoms with Crippen molar-refractivity contribution >= 4 is 23.9 Å². The van der Waals surface area contributed by atoms with E-state index in [1.807, 2.05) is 7.05 Å². The minimum atomic E-state index is 0. The number of hydrogen-bond donors (Lipinski definition) is 2. The number of halogens is 1. The average Bonchev–Trinajstić information content (AvgIpc) is 1.88. The van der Waals surface area contributed by atoms with Crippen molar-refractivity contribution in [3.05, 3.63) is 18.3 Å². The third-order valence-electron chi connectivity index (χ3n) is 1.04. The van der Waals surface area contributed by atoms with Crippen LogP contribution in [0.3, 0.4) is 0 Å². The van der Waals surface area contributed by atoms with Crippen molar-refractivity contribution in [3.63, 3.8) is 0 Å². The number of nitrogen functional groups attached to an aromatic ring is 1. The summed E-state index contributed by atoms with van der Waals surface area (Å²) < 4.78 is 0. The van der Waals surface area contributed by atoms with Gasteiger partial charge in [0.2, 0.25) is 0 Å². The molecule has 0 aliphatic carbocycles. The molecule has 0 aromatic carbocycles. The highest BCUT2D eigenvalue weighted by atomic mass is 35.5. The van der Waals surface area contributed by atoms with Gasteiger partial charge in [0.05, 0.1) is 0 Å². The molecule has 0 bridgehead atoms. The molecule has 56 valence electrons. The Bertz CT molecular complexity index is 202. The van der Waals surface area contributed by atoms with Gasteiger partial charge in [0.1, 0.15) is 5.82 Å². The molecule has 1 rings (SSSR count). The van der Waals surface area contributed by atoms with Crippen LogP contribution in [0, 0.1) is 0 Å². The van der Waals surface area contributed by atoms with Gasteiger partial charge in [0, 0.05) is 25.0 Å². The third kappa shape index (κ3) is 2.11. The maximum atomic E-state index is 5.45. The van der Waals surface area contributed by atoms with E-state index in [4.69, 9.17) is 5.73 Å². The van der Waals surface area contributed by atoms with Gasteiger partial charge < -0.3 is 11.1 Å². The highest BCUT2D eigenvalue weighted by Gasteiger charge is 1.86. The van der Waals surface area contributed by atoms with Crippen LogP contribution in [0.4, 0.5) is 11.5 Å². The quantitative estimate of drug-likeness (QED) is 0.646. The van der Waals surface area contributed by atoms with Crippen LogP contribution in [0.25, 0.3) is 0 Å². The molecule has 4 heteroatoms. The van der Waals surface area contributed by atoms with Gasteiger partial charge in [-0.25, -0.2) is 4.98 Å². The second-order valence-corrected chi connectivity index (χ2v) is 1.72. The Morgan fingerprint density at radius 1 is 1.60 bits per heavy atom. The molecule has 0 unspecified atom stereocenters. The molecule has 0 radical (unpaired) electrons. The summed E-state index contributed by atoms with van der Waals surface area (Å²) in [5.41, 5.74) is 6.19. The average molecular weight is 160 g/mol. The van der Waals surface area contributed by atoms with Crippen LogP contribution in [-0.2, 0) is 0 Å². The minimum Gasteiger partial charge on any atom is -0.399 e. The lowest BCUT2D eigenvalue weighted by molar-refractivity contribution is 1.29.